The summed E-state index contributed by atoms with van der Waals surface area (Å²) in [6.07, 6.45) is 7.74. The number of hydrogen-bond acceptors (Lipinski definition) is 0. The Kier molecular flexibility index (Phi) is 10.6. The molecular weight excluding hydrogens is 825 g/mol. The second kappa shape index (κ2) is 12.9. The molecule has 222 valence electrons. The number of fused-ring (bicyclic) bond motifs is 2. The van der Waals surface area contributed by atoms with Crippen molar-refractivity contribution < 1.29 is 42.9 Å². The molecule has 0 spiro atoms. The summed E-state index contributed by atoms with van der Waals surface area (Å²) in [5, 5.41) is 0. The molecule has 2 aliphatic carbocycles. The van der Waals surface area contributed by atoms with Crippen LogP contribution in [0.2, 0.25) is 10.3 Å². The Morgan fingerprint density at radius 2 is 0.927 bits per heavy atom. The Labute approximate surface area is 270 Å². The standard InChI is InChI=1S/2C17H23.C3H6.2CH3.2Hf/c2*1-6-13-7-15-9-14(11(2)3)10-16(12(4)5)17(15)8-13;1-3-2;;;;/h2*7-12H,6H2,1-5H3;1-2H3;2*1H3;;. The third-order valence-electron chi connectivity index (χ3n) is 10.8. The van der Waals surface area contributed by atoms with Crippen LogP contribution in [0.5, 0.6) is 0 Å². The minimum atomic E-state index is -2.19. The number of benzene rings is 2. The maximum atomic E-state index is 2.84. The van der Waals surface area contributed by atoms with Gasteiger partial charge in [0.25, 0.3) is 0 Å². The molecule has 2 aromatic rings. The molecule has 0 N–H and O–H groups in total. The normalized spacial score (nSPS) is 18.4. The van der Waals surface area contributed by atoms with Gasteiger partial charge in [-0.2, -0.15) is 0 Å². The molecule has 2 aliphatic rings. The van der Waals surface area contributed by atoms with Crippen LogP contribution in [0.3, 0.4) is 0 Å². The van der Waals surface area contributed by atoms with Crippen molar-refractivity contribution in [2.24, 2.45) is 0 Å². The first-order valence-corrected chi connectivity index (χ1v) is 31.5. The van der Waals surface area contributed by atoms with Gasteiger partial charge in [0.15, 0.2) is 0 Å². The second-order valence-electron chi connectivity index (χ2n) is 14.8. The van der Waals surface area contributed by atoms with Crippen LogP contribution in [0, 0.1) is 0 Å². The van der Waals surface area contributed by atoms with Gasteiger partial charge in [-0.1, -0.05) is 0 Å². The molecule has 0 saturated carbocycles. The van der Waals surface area contributed by atoms with E-state index in [4.69, 9.17) is 0 Å². The van der Waals surface area contributed by atoms with E-state index in [1.165, 1.54) is 12.8 Å². The first-order chi connectivity index (χ1) is 19.1. The summed E-state index contributed by atoms with van der Waals surface area (Å²) < 4.78 is 7.78. The molecule has 2 unspecified atom stereocenters. The van der Waals surface area contributed by atoms with E-state index in [-0.39, 0.29) is 0 Å². The van der Waals surface area contributed by atoms with Crippen LogP contribution >= 0.6 is 0 Å². The summed E-state index contributed by atoms with van der Waals surface area (Å²) >= 11 is -4.39. The zero-order valence-corrected chi connectivity index (χ0v) is 36.0. The summed E-state index contributed by atoms with van der Waals surface area (Å²) in [6.45, 7) is 29.5. The van der Waals surface area contributed by atoms with Crippen LogP contribution in [0.25, 0.3) is 12.2 Å². The van der Waals surface area contributed by atoms with E-state index >= 15 is 0 Å². The van der Waals surface area contributed by atoms with Gasteiger partial charge in [0, 0.05) is 0 Å². The van der Waals surface area contributed by atoms with Crippen molar-refractivity contribution in [3.8, 4) is 0 Å². The van der Waals surface area contributed by atoms with Crippen molar-refractivity contribution in [3.05, 3.63) is 79.9 Å². The van der Waals surface area contributed by atoms with Crippen LogP contribution < -0.4 is 0 Å². The molecule has 0 saturated heterocycles. The zero-order chi connectivity index (χ0) is 30.5. The van der Waals surface area contributed by atoms with E-state index < -0.39 is 42.9 Å². The van der Waals surface area contributed by atoms with Crippen LogP contribution in [-0.4, -0.2) is 0 Å². The quantitative estimate of drug-likeness (QED) is 0.209. The molecular formula is C39H58Hf2. The molecule has 0 amide bonds. The van der Waals surface area contributed by atoms with Gasteiger partial charge in [-0.15, -0.1) is 0 Å². The Balaban J connectivity index is 1.82. The Morgan fingerprint density at radius 1 is 0.585 bits per heavy atom. The van der Waals surface area contributed by atoms with E-state index in [1.807, 2.05) is 0 Å². The topological polar surface area (TPSA) is 0 Å². The predicted molar refractivity (Wildman–Crippen MR) is 177 cm³/mol. The fourth-order valence-electron chi connectivity index (χ4n) is 7.48. The SMILES string of the molecule is CCC1=Cc2c(C(C)C)cc(C(C)C)cc2[CH]1[Hf]([CH3])[C](C)(C)[Hf]([CH3])[CH]1C(CC)=Cc2c(C(C)C)cc(C(C)C)cc21. The average Bonchev–Trinajstić information content (AvgIpc) is 3.48. The molecule has 0 fully saturated rings. The fourth-order valence-corrected chi connectivity index (χ4v) is 52.8. The van der Waals surface area contributed by atoms with Gasteiger partial charge < -0.3 is 0 Å². The van der Waals surface area contributed by atoms with E-state index in [0.717, 1.165) is 7.35 Å². The van der Waals surface area contributed by atoms with Crippen molar-refractivity contribution in [2.45, 2.75) is 137 Å². The zero-order valence-electron chi connectivity index (χ0n) is 28.8. The minimum absolute atomic E-state index is 0.574. The van der Waals surface area contributed by atoms with E-state index in [1.54, 1.807) is 55.7 Å². The Morgan fingerprint density at radius 3 is 1.20 bits per heavy atom. The molecule has 41 heavy (non-hydrogen) atoms. The van der Waals surface area contributed by atoms with Gasteiger partial charge in [-0.05, 0) is 0 Å². The third-order valence-corrected chi connectivity index (χ3v) is 59.3. The van der Waals surface area contributed by atoms with Crippen LogP contribution in [0.1, 0.15) is 171 Å². The van der Waals surface area contributed by atoms with E-state index in [9.17, 15) is 0 Å². The molecule has 0 bridgehead atoms. The van der Waals surface area contributed by atoms with Gasteiger partial charge in [0.2, 0.25) is 0 Å². The van der Waals surface area contributed by atoms with E-state index in [2.05, 4.69) is 129 Å². The van der Waals surface area contributed by atoms with Crippen molar-refractivity contribution in [2.75, 3.05) is 0 Å². The molecule has 0 nitrogen and oxygen atoms in total. The number of hydrogen-bond donors (Lipinski definition) is 0. The van der Waals surface area contributed by atoms with Crippen LogP contribution in [0.4, 0.5) is 0 Å². The summed E-state index contributed by atoms with van der Waals surface area (Å²) in [7, 11) is 0. The van der Waals surface area contributed by atoms with Gasteiger partial charge in [0.1, 0.15) is 0 Å². The van der Waals surface area contributed by atoms with Gasteiger partial charge in [-0.25, -0.2) is 0 Å². The first kappa shape index (κ1) is 33.6. The van der Waals surface area contributed by atoms with Crippen molar-refractivity contribution in [3.63, 3.8) is 0 Å². The van der Waals surface area contributed by atoms with Gasteiger partial charge >= 0.3 is 272 Å². The molecule has 4 rings (SSSR count). The summed E-state index contributed by atoms with van der Waals surface area (Å²) in [4.78, 5) is 0. The number of allylic oxidation sites excluding steroid dienone is 2. The second-order valence-corrected chi connectivity index (χ2v) is 44.2. The van der Waals surface area contributed by atoms with Crippen LogP contribution in [-0.2, 0) is 42.9 Å². The van der Waals surface area contributed by atoms with Gasteiger partial charge in [0.05, 0.1) is 0 Å². The summed E-state index contributed by atoms with van der Waals surface area (Å²) in [5.41, 5.74) is 16.5. The molecule has 0 radical (unpaired) electrons. The number of rotatable bonds is 10. The average molecular weight is 884 g/mol. The van der Waals surface area contributed by atoms with Gasteiger partial charge in [-0.3, -0.25) is 0 Å². The Bertz CT molecular complexity index is 1230. The predicted octanol–water partition coefficient (Wildman–Crippen LogP) is 13.1. The maximum absolute atomic E-state index is 2.84. The third kappa shape index (κ3) is 6.15. The summed E-state index contributed by atoms with van der Waals surface area (Å²) in [5.74, 6) is 2.31. The molecule has 2 atom stereocenters. The van der Waals surface area contributed by atoms with Crippen molar-refractivity contribution in [1.29, 1.82) is 0 Å². The summed E-state index contributed by atoms with van der Waals surface area (Å²) in [6, 6.07) is 10.4. The van der Waals surface area contributed by atoms with Crippen molar-refractivity contribution in [1.82, 2.24) is 0 Å². The van der Waals surface area contributed by atoms with Crippen molar-refractivity contribution >= 4 is 12.2 Å². The molecule has 0 heterocycles. The monoisotopic (exact) mass is 886 g/mol. The molecule has 2 heteroatoms. The molecule has 0 aliphatic heterocycles. The van der Waals surface area contributed by atoms with Crippen LogP contribution in [0.15, 0.2) is 35.4 Å². The van der Waals surface area contributed by atoms with E-state index in [0.29, 0.717) is 24.6 Å². The molecule has 2 aromatic carbocycles. The fraction of sp³-hybridized carbons (Fsp3) is 0.590. The molecule has 0 aromatic heterocycles. The Hall–Kier alpha value is -0.340. The first-order valence-electron chi connectivity index (χ1n) is 16.6.